The van der Waals surface area contributed by atoms with E-state index in [0.717, 1.165) is 24.0 Å². The van der Waals surface area contributed by atoms with Crippen molar-refractivity contribution in [1.29, 1.82) is 0 Å². The molecule has 0 fully saturated rings. The van der Waals surface area contributed by atoms with Gasteiger partial charge in [-0.25, -0.2) is 0 Å². The van der Waals surface area contributed by atoms with Crippen molar-refractivity contribution in [3.63, 3.8) is 0 Å². The van der Waals surface area contributed by atoms with E-state index in [1.165, 1.54) is 64.2 Å². The summed E-state index contributed by atoms with van der Waals surface area (Å²) < 4.78 is 0. The molecule has 134 valence electrons. The van der Waals surface area contributed by atoms with Crippen LogP contribution < -0.4 is 0 Å². The van der Waals surface area contributed by atoms with E-state index >= 15 is 0 Å². The number of ketones is 1. The molecule has 0 heterocycles. The van der Waals surface area contributed by atoms with E-state index in [0.29, 0.717) is 0 Å². The molecule has 0 spiro atoms. The molecule has 24 heavy (non-hydrogen) atoms. The molecule has 0 aliphatic heterocycles. The smallest absolute Gasteiger partial charge is 0.155 e. The molecule has 0 atom stereocenters. The Bertz CT molecular complexity index is 458. The second-order valence-corrected chi connectivity index (χ2v) is 6.92. The van der Waals surface area contributed by atoms with Gasteiger partial charge in [-0.3, -0.25) is 4.79 Å². The van der Waals surface area contributed by atoms with Gasteiger partial charge in [0.25, 0.3) is 0 Å². The first-order valence-corrected chi connectivity index (χ1v) is 10.0. The molecule has 1 heteroatoms. The number of rotatable bonds is 14. The third kappa shape index (κ3) is 10.4. The van der Waals surface area contributed by atoms with Gasteiger partial charge in [0.1, 0.15) is 0 Å². The Morgan fingerprint density at radius 1 is 0.792 bits per heavy atom. The third-order valence-corrected chi connectivity index (χ3v) is 4.64. The van der Waals surface area contributed by atoms with Crippen LogP contribution >= 0.6 is 0 Å². The van der Waals surface area contributed by atoms with Crippen molar-refractivity contribution in [3.05, 3.63) is 41.5 Å². The zero-order valence-corrected chi connectivity index (χ0v) is 15.9. The summed E-state index contributed by atoms with van der Waals surface area (Å²) >= 11 is 0. The van der Waals surface area contributed by atoms with Crippen LogP contribution in [0.4, 0.5) is 0 Å². The number of unbranched alkanes of at least 4 members (excludes halogenated alkanes) is 10. The number of benzene rings is 1. The average molecular weight is 329 g/mol. The first kappa shape index (κ1) is 20.7. The van der Waals surface area contributed by atoms with Crippen molar-refractivity contribution in [2.75, 3.05) is 0 Å². The second kappa shape index (κ2) is 14.0. The highest BCUT2D eigenvalue weighted by Crippen LogP contribution is 2.17. The summed E-state index contributed by atoms with van der Waals surface area (Å²) in [6.45, 7) is 3.96. The monoisotopic (exact) mass is 328 g/mol. The van der Waals surface area contributed by atoms with Gasteiger partial charge >= 0.3 is 0 Å². The van der Waals surface area contributed by atoms with E-state index in [-0.39, 0.29) is 5.78 Å². The minimum Gasteiger partial charge on any atom is -0.295 e. The zero-order chi connectivity index (χ0) is 17.5. The minimum atomic E-state index is 0.214. The molecule has 0 radical (unpaired) electrons. The van der Waals surface area contributed by atoms with Crippen molar-refractivity contribution in [3.8, 4) is 0 Å². The number of carbonyl (C=O) groups is 1. The highest BCUT2D eigenvalue weighted by Gasteiger charge is 2.04. The molecule has 1 aromatic carbocycles. The lowest BCUT2D eigenvalue weighted by molar-refractivity contribution is -0.113. The number of Topliss-reactive ketones (excluding diaryl/α,β-unsaturated/α-hetero) is 1. The highest BCUT2D eigenvalue weighted by molar-refractivity contribution is 5.97. The van der Waals surface area contributed by atoms with Gasteiger partial charge in [-0.1, -0.05) is 101 Å². The minimum absolute atomic E-state index is 0.214. The van der Waals surface area contributed by atoms with Crippen LogP contribution in [0.15, 0.2) is 35.9 Å². The van der Waals surface area contributed by atoms with Crippen molar-refractivity contribution in [2.24, 2.45) is 0 Å². The lowest BCUT2D eigenvalue weighted by atomic mass is 10.00. The SMILES string of the molecule is CCCCCCCCCCCCCC(=Cc1ccccc1)C(C)=O. The fourth-order valence-corrected chi connectivity index (χ4v) is 3.08. The fourth-order valence-electron chi connectivity index (χ4n) is 3.08. The first-order chi connectivity index (χ1) is 11.7. The predicted molar refractivity (Wildman–Crippen MR) is 106 cm³/mol. The molecule has 0 unspecified atom stereocenters. The van der Waals surface area contributed by atoms with Gasteiger partial charge < -0.3 is 0 Å². The number of allylic oxidation sites excluding steroid dienone is 1. The van der Waals surface area contributed by atoms with Gasteiger partial charge in [-0.2, -0.15) is 0 Å². The zero-order valence-electron chi connectivity index (χ0n) is 15.9. The van der Waals surface area contributed by atoms with Gasteiger partial charge in [-0.15, -0.1) is 0 Å². The van der Waals surface area contributed by atoms with E-state index < -0.39 is 0 Å². The molecule has 1 nitrogen and oxygen atoms in total. The molecule has 1 rings (SSSR count). The van der Waals surface area contributed by atoms with E-state index in [9.17, 15) is 4.79 Å². The summed E-state index contributed by atoms with van der Waals surface area (Å²) in [5.74, 6) is 0.214. The van der Waals surface area contributed by atoms with Gasteiger partial charge in [0.05, 0.1) is 0 Å². The largest absolute Gasteiger partial charge is 0.295 e. The summed E-state index contributed by atoms with van der Waals surface area (Å²) in [5, 5.41) is 0. The Morgan fingerprint density at radius 2 is 1.29 bits per heavy atom. The molecule has 0 aliphatic carbocycles. The maximum Gasteiger partial charge on any atom is 0.155 e. The summed E-state index contributed by atoms with van der Waals surface area (Å²) in [6, 6.07) is 10.2. The molecule has 0 saturated heterocycles. The van der Waals surface area contributed by atoms with Crippen LogP contribution in [0.3, 0.4) is 0 Å². The normalized spacial score (nSPS) is 11.7. The first-order valence-electron chi connectivity index (χ1n) is 10.0. The molecular formula is C23H36O. The topological polar surface area (TPSA) is 17.1 Å². The number of carbonyl (C=O) groups excluding carboxylic acids is 1. The lowest BCUT2D eigenvalue weighted by Crippen LogP contribution is -1.97. The predicted octanol–water partition coefficient (Wildman–Crippen LogP) is 7.36. The van der Waals surface area contributed by atoms with Gasteiger partial charge in [0.2, 0.25) is 0 Å². The molecule has 0 bridgehead atoms. The van der Waals surface area contributed by atoms with E-state index in [1.54, 1.807) is 6.92 Å². The summed E-state index contributed by atoms with van der Waals surface area (Å²) in [4.78, 5) is 11.8. The van der Waals surface area contributed by atoms with Gasteiger partial charge in [0.15, 0.2) is 5.78 Å². The van der Waals surface area contributed by atoms with E-state index in [2.05, 4.69) is 25.1 Å². The van der Waals surface area contributed by atoms with Gasteiger partial charge in [-0.05, 0) is 37.0 Å². The maximum atomic E-state index is 11.8. The van der Waals surface area contributed by atoms with Crippen molar-refractivity contribution < 1.29 is 4.79 Å². The second-order valence-electron chi connectivity index (χ2n) is 6.92. The summed E-state index contributed by atoms with van der Waals surface area (Å²) in [5.41, 5.74) is 2.10. The molecule has 0 aliphatic rings. The van der Waals surface area contributed by atoms with Crippen LogP contribution in [0.5, 0.6) is 0 Å². The molecule has 0 N–H and O–H groups in total. The fraction of sp³-hybridized carbons (Fsp3) is 0.609. The van der Waals surface area contributed by atoms with Crippen molar-refractivity contribution in [2.45, 2.75) is 90.9 Å². The molecule has 0 saturated carbocycles. The summed E-state index contributed by atoms with van der Waals surface area (Å²) in [7, 11) is 0. The maximum absolute atomic E-state index is 11.8. The van der Waals surface area contributed by atoms with E-state index in [1.807, 2.05) is 18.2 Å². The van der Waals surface area contributed by atoms with Crippen LogP contribution in [-0.2, 0) is 4.79 Å². The molecule has 1 aromatic rings. The van der Waals surface area contributed by atoms with Gasteiger partial charge in [0, 0.05) is 0 Å². The Balaban J connectivity index is 2.10. The average Bonchev–Trinajstić information content (AvgIpc) is 2.59. The number of hydrogen-bond acceptors (Lipinski definition) is 1. The van der Waals surface area contributed by atoms with Crippen LogP contribution in [-0.4, -0.2) is 5.78 Å². The van der Waals surface area contributed by atoms with Crippen LogP contribution in [0, 0.1) is 0 Å². The quantitative estimate of drug-likeness (QED) is 0.257. The van der Waals surface area contributed by atoms with Crippen molar-refractivity contribution in [1.82, 2.24) is 0 Å². The number of hydrogen-bond donors (Lipinski definition) is 0. The summed E-state index contributed by atoms with van der Waals surface area (Å²) in [6.07, 6.45) is 17.8. The third-order valence-electron chi connectivity index (χ3n) is 4.64. The van der Waals surface area contributed by atoms with Crippen LogP contribution in [0.25, 0.3) is 6.08 Å². The van der Waals surface area contributed by atoms with E-state index in [4.69, 9.17) is 0 Å². The molecule has 0 amide bonds. The molecular weight excluding hydrogens is 292 g/mol. The Morgan fingerprint density at radius 3 is 1.79 bits per heavy atom. The van der Waals surface area contributed by atoms with Crippen LogP contribution in [0.1, 0.15) is 96.5 Å². The lowest BCUT2D eigenvalue weighted by Gasteiger charge is -2.05. The Hall–Kier alpha value is -1.37. The standard InChI is InChI=1S/C23H36O/c1-3-4-5-6-7-8-9-10-11-12-16-19-23(21(2)24)20-22-17-14-13-15-18-22/h13-15,17-18,20H,3-12,16,19H2,1-2H3. The molecule has 0 aromatic heterocycles. The highest BCUT2D eigenvalue weighted by atomic mass is 16.1. The Kier molecular flexibility index (Phi) is 12.1. The van der Waals surface area contributed by atoms with Crippen LogP contribution in [0.2, 0.25) is 0 Å². The Labute approximate surface area is 149 Å². The van der Waals surface area contributed by atoms with Crippen molar-refractivity contribution >= 4 is 11.9 Å².